The van der Waals surface area contributed by atoms with Crippen molar-refractivity contribution in [1.82, 2.24) is 0 Å². The van der Waals surface area contributed by atoms with Gasteiger partial charge in [0.1, 0.15) is 8.07 Å². The zero-order valence-electron chi connectivity index (χ0n) is 12.7. The van der Waals surface area contributed by atoms with Crippen molar-refractivity contribution < 1.29 is 0 Å². The third-order valence-electron chi connectivity index (χ3n) is 2.81. The second-order valence-corrected chi connectivity index (χ2v) is 10.6. The van der Waals surface area contributed by atoms with Gasteiger partial charge < -0.3 is 5.32 Å². The number of terminal acetylenes is 1. The molecule has 0 heterocycles. The second kappa shape index (κ2) is 6.35. The molecule has 0 fully saturated rings. The van der Waals surface area contributed by atoms with Gasteiger partial charge in [0.2, 0.25) is 0 Å². The molecule has 2 rings (SSSR count). The van der Waals surface area contributed by atoms with Crippen molar-refractivity contribution in [3.63, 3.8) is 0 Å². The Morgan fingerprint density at radius 2 is 1.76 bits per heavy atom. The van der Waals surface area contributed by atoms with Crippen LogP contribution in [0.25, 0.3) is 0 Å². The highest BCUT2D eigenvalue weighted by Gasteiger charge is 2.08. The molecule has 0 unspecified atom stereocenters. The van der Waals surface area contributed by atoms with Gasteiger partial charge in [0.25, 0.3) is 0 Å². The molecule has 0 spiro atoms. The normalized spacial score (nSPS) is 10.2. The lowest BCUT2D eigenvalue weighted by atomic mass is 10.1. The Morgan fingerprint density at radius 1 is 1.00 bits per heavy atom. The zero-order chi connectivity index (χ0) is 15.3. The molecule has 0 aliphatic rings. The van der Waals surface area contributed by atoms with Crippen molar-refractivity contribution in [2.45, 2.75) is 19.6 Å². The van der Waals surface area contributed by atoms with Crippen LogP contribution in [0.2, 0.25) is 19.6 Å². The molecule has 0 atom stereocenters. The first-order chi connectivity index (χ1) is 9.98. The molecule has 2 heteroatoms. The van der Waals surface area contributed by atoms with Crippen molar-refractivity contribution in [3.8, 4) is 23.8 Å². The number of hydrogen-bond acceptors (Lipinski definition) is 1. The monoisotopic (exact) mass is 289 g/mol. The van der Waals surface area contributed by atoms with E-state index < -0.39 is 8.07 Å². The molecule has 0 radical (unpaired) electrons. The van der Waals surface area contributed by atoms with E-state index in [1.54, 1.807) is 0 Å². The fourth-order valence-corrected chi connectivity index (χ4v) is 2.31. The van der Waals surface area contributed by atoms with Crippen molar-refractivity contribution in [3.05, 3.63) is 59.7 Å². The number of benzene rings is 2. The first-order valence-electron chi connectivity index (χ1n) is 6.94. The molecule has 0 aromatic heterocycles. The average molecular weight is 289 g/mol. The predicted octanol–water partition coefficient (Wildman–Crippen LogP) is 4.64. The number of nitrogens with one attached hydrogen (secondary N) is 1. The minimum absolute atomic E-state index is 0.866. The minimum Gasteiger partial charge on any atom is -0.354 e. The third-order valence-corrected chi connectivity index (χ3v) is 3.68. The van der Waals surface area contributed by atoms with Crippen LogP contribution in [0, 0.1) is 23.8 Å². The Kier molecular flexibility index (Phi) is 4.53. The molecular formula is C19H19NSi. The lowest BCUT2D eigenvalue weighted by Crippen LogP contribution is -2.16. The van der Waals surface area contributed by atoms with Crippen LogP contribution in [0.4, 0.5) is 11.4 Å². The van der Waals surface area contributed by atoms with Gasteiger partial charge in [-0.1, -0.05) is 49.7 Å². The van der Waals surface area contributed by atoms with Gasteiger partial charge in [0.05, 0.1) is 5.69 Å². The molecule has 0 saturated heterocycles. The van der Waals surface area contributed by atoms with E-state index in [0.717, 1.165) is 22.5 Å². The van der Waals surface area contributed by atoms with Crippen LogP contribution in [0.3, 0.4) is 0 Å². The molecule has 104 valence electrons. The summed E-state index contributed by atoms with van der Waals surface area (Å²) in [6.07, 6.45) is 5.44. The fraction of sp³-hybridized carbons (Fsp3) is 0.158. The molecule has 0 aliphatic carbocycles. The van der Waals surface area contributed by atoms with Crippen molar-refractivity contribution >= 4 is 19.4 Å². The molecule has 0 saturated carbocycles. The summed E-state index contributed by atoms with van der Waals surface area (Å²) in [5, 5.41) is 3.40. The lowest BCUT2D eigenvalue weighted by Gasteiger charge is -2.10. The molecule has 0 aliphatic heterocycles. The maximum atomic E-state index is 5.44. The Bertz CT molecular complexity index is 736. The van der Waals surface area contributed by atoms with Gasteiger partial charge in [0, 0.05) is 16.8 Å². The van der Waals surface area contributed by atoms with Crippen molar-refractivity contribution in [1.29, 1.82) is 0 Å². The SMILES string of the molecule is C#Cc1cccc(Nc2ccccc2C#C[Si](C)(C)C)c1. The van der Waals surface area contributed by atoms with Gasteiger partial charge in [-0.05, 0) is 30.3 Å². The van der Waals surface area contributed by atoms with E-state index >= 15 is 0 Å². The van der Waals surface area contributed by atoms with E-state index in [2.05, 4.69) is 42.3 Å². The van der Waals surface area contributed by atoms with Gasteiger partial charge in [-0.15, -0.1) is 12.0 Å². The molecule has 0 amide bonds. The third kappa shape index (κ3) is 4.56. The molecule has 21 heavy (non-hydrogen) atoms. The number of rotatable bonds is 2. The summed E-state index contributed by atoms with van der Waals surface area (Å²) in [6.45, 7) is 6.73. The van der Waals surface area contributed by atoms with Crippen LogP contribution in [0.15, 0.2) is 48.5 Å². The maximum Gasteiger partial charge on any atom is 0.129 e. The van der Waals surface area contributed by atoms with E-state index in [9.17, 15) is 0 Å². The highest BCUT2D eigenvalue weighted by Crippen LogP contribution is 2.21. The highest BCUT2D eigenvalue weighted by atomic mass is 28.3. The standard InChI is InChI=1S/C19H19NSi/c1-5-16-9-8-11-18(15-16)20-19-12-7-6-10-17(19)13-14-21(2,3)4/h1,6-12,15,20H,2-4H3. The summed E-state index contributed by atoms with van der Waals surface area (Å²) in [7, 11) is -1.39. The van der Waals surface area contributed by atoms with Crippen LogP contribution in [0.1, 0.15) is 11.1 Å². The summed E-state index contributed by atoms with van der Waals surface area (Å²) < 4.78 is 0. The quantitative estimate of drug-likeness (QED) is 0.627. The lowest BCUT2D eigenvalue weighted by molar-refractivity contribution is 1.51. The largest absolute Gasteiger partial charge is 0.354 e. The smallest absolute Gasteiger partial charge is 0.129 e. The summed E-state index contributed by atoms with van der Waals surface area (Å²) in [5.41, 5.74) is 7.28. The fourth-order valence-electron chi connectivity index (χ4n) is 1.80. The molecule has 2 aromatic carbocycles. The van der Waals surface area contributed by atoms with E-state index in [4.69, 9.17) is 6.42 Å². The van der Waals surface area contributed by atoms with Gasteiger partial charge >= 0.3 is 0 Å². The van der Waals surface area contributed by atoms with Crippen LogP contribution in [-0.2, 0) is 0 Å². The predicted molar refractivity (Wildman–Crippen MR) is 94.3 cm³/mol. The van der Waals surface area contributed by atoms with Gasteiger partial charge in [-0.2, -0.15) is 0 Å². The van der Waals surface area contributed by atoms with E-state index in [0.29, 0.717) is 0 Å². The summed E-state index contributed by atoms with van der Waals surface area (Å²) in [6, 6.07) is 15.9. The molecule has 0 bridgehead atoms. The van der Waals surface area contributed by atoms with Crippen LogP contribution < -0.4 is 5.32 Å². The van der Waals surface area contributed by atoms with E-state index in [1.165, 1.54) is 0 Å². The van der Waals surface area contributed by atoms with Crippen molar-refractivity contribution in [2.24, 2.45) is 0 Å². The molecule has 2 aromatic rings. The average Bonchev–Trinajstić information content (AvgIpc) is 2.46. The van der Waals surface area contributed by atoms with Gasteiger partial charge in [-0.25, -0.2) is 0 Å². The highest BCUT2D eigenvalue weighted by molar-refractivity contribution is 6.83. The summed E-state index contributed by atoms with van der Waals surface area (Å²) in [5.74, 6) is 5.96. The van der Waals surface area contributed by atoms with Crippen LogP contribution in [-0.4, -0.2) is 8.07 Å². The molecule has 1 nitrogen and oxygen atoms in total. The maximum absolute atomic E-state index is 5.44. The van der Waals surface area contributed by atoms with Crippen molar-refractivity contribution in [2.75, 3.05) is 5.32 Å². The molecule has 1 N–H and O–H groups in total. The summed E-state index contributed by atoms with van der Waals surface area (Å²) in [4.78, 5) is 0. The van der Waals surface area contributed by atoms with Crippen LogP contribution >= 0.6 is 0 Å². The Labute approximate surface area is 128 Å². The molecular weight excluding hydrogens is 270 g/mol. The van der Waals surface area contributed by atoms with Gasteiger partial charge in [-0.3, -0.25) is 0 Å². The van der Waals surface area contributed by atoms with Gasteiger partial charge in [0.15, 0.2) is 0 Å². The van der Waals surface area contributed by atoms with E-state index in [1.807, 2.05) is 48.5 Å². The number of anilines is 2. The van der Waals surface area contributed by atoms with Crippen LogP contribution in [0.5, 0.6) is 0 Å². The Morgan fingerprint density at radius 3 is 2.48 bits per heavy atom. The zero-order valence-corrected chi connectivity index (χ0v) is 13.7. The second-order valence-electron chi connectivity index (χ2n) is 5.90. The first kappa shape index (κ1) is 15.0. The summed E-state index contributed by atoms with van der Waals surface area (Å²) >= 11 is 0. The van der Waals surface area contributed by atoms with E-state index in [-0.39, 0.29) is 0 Å². The Hall–Kier alpha value is -2.42. The minimum atomic E-state index is -1.39. The number of para-hydroxylation sites is 1. The Balaban J connectivity index is 2.32. The number of hydrogen-bond donors (Lipinski definition) is 1. The first-order valence-corrected chi connectivity index (χ1v) is 10.4. The topological polar surface area (TPSA) is 12.0 Å².